The van der Waals surface area contributed by atoms with Gasteiger partial charge in [0.2, 0.25) is 0 Å². The highest BCUT2D eigenvalue weighted by Gasteiger charge is 2.31. The highest BCUT2D eigenvalue weighted by Crippen LogP contribution is 2.33. The predicted molar refractivity (Wildman–Crippen MR) is 90.1 cm³/mol. The molecule has 22 heavy (non-hydrogen) atoms. The zero-order valence-corrected chi connectivity index (χ0v) is 13.3. The number of carbonyl (C=O) groups excluding carboxylic acids is 1. The van der Waals surface area contributed by atoms with Gasteiger partial charge in [-0.25, -0.2) is 0 Å². The van der Waals surface area contributed by atoms with Crippen molar-refractivity contribution in [2.24, 2.45) is 0 Å². The van der Waals surface area contributed by atoms with Gasteiger partial charge in [0.05, 0.1) is 6.04 Å². The Morgan fingerprint density at radius 3 is 2.73 bits per heavy atom. The number of amides is 1. The fraction of sp³-hybridized carbons (Fsp3) is 0.294. The molecule has 1 aliphatic heterocycles. The van der Waals surface area contributed by atoms with Gasteiger partial charge in [0.25, 0.3) is 5.91 Å². The molecule has 5 heteroatoms. The van der Waals surface area contributed by atoms with Crippen molar-refractivity contribution in [3.05, 3.63) is 59.4 Å². The molecule has 4 nitrogen and oxygen atoms in total. The molecule has 2 aromatic rings. The van der Waals surface area contributed by atoms with Crippen molar-refractivity contribution in [3.8, 4) is 0 Å². The molecular weight excluding hydrogens is 298 g/mol. The minimum absolute atomic E-state index is 0. The molecular formula is C17H20ClN3O. The second kappa shape index (κ2) is 6.79. The first-order valence-electron chi connectivity index (χ1n) is 7.24. The lowest BCUT2D eigenvalue weighted by molar-refractivity contribution is 0.0735. The summed E-state index contributed by atoms with van der Waals surface area (Å²) in [6.45, 7) is 2.74. The van der Waals surface area contributed by atoms with E-state index in [2.05, 4.69) is 4.98 Å². The van der Waals surface area contributed by atoms with E-state index in [0.29, 0.717) is 11.3 Å². The van der Waals surface area contributed by atoms with Crippen LogP contribution in [-0.4, -0.2) is 22.3 Å². The Labute approximate surface area is 136 Å². The van der Waals surface area contributed by atoms with Gasteiger partial charge >= 0.3 is 0 Å². The van der Waals surface area contributed by atoms with E-state index in [-0.39, 0.29) is 24.4 Å². The maximum Gasteiger partial charge on any atom is 0.254 e. The molecule has 1 unspecified atom stereocenters. The van der Waals surface area contributed by atoms with Crippen LogP contribution in [0.25, 0.3) is 0 Å². The molecule has 0 bridgehead atoms. The van der Waals surface area contributed by atoms with E-state index in [9.17, 15) is 4.79 Å². The summed E-state index contributed by atoms with van der Waals surface area (Å²) >= 11 is 0. The van der Waals surface area contributed by atoms with E-state index in [1.165, 1.54) is 0 Å². The molecule has 0 radical (unpaired) electrons. The fourth-order valence-electron chi connectivity index (χ4n) is 2.97. The number of nitrogens with two attached hydrogens (primary N) is 1. The van der Waals surface area contributed by atoms with Crippen molar-refractivity contribution >= 4 is 24.0 Å². The van der Waals surface area contributed by atoms with Crippen LogP contribution in [0.15, 0.2) is 42.7 Å². The van der Waals surface area contributed by atoms with Gasteiger partial charge in [-0.05, 0) is 55.2 Å². The summed E-state index contributed by atoms with van der Waals surface area (Å²) in [5.74, 6) is 0.0686. The average Bonchev–Trinajstić information content (AvgIpc) is 2.99. The van der Waals surface area contributed by atoms with E-state index in [0.717, 1.165) is 30.5 Å². The van der Waals surface area contributed by atoms with Gasteiger partial charge in [0, 0.05) is 30.2 Å². The summed E-state index contributed by atoms with van der Waals surface area (Å²) in [5.41, 5.74) is 9.28. The van der Waals surface area contributed by atoms with Crippen LogP contribution in [0.5, 0.6) is 0 Å². The van der Waals surface area contributed by atoms with Gasteiger partial charge < -0.3 is 10.6 Å². The third-order valence-electron chi connectivity index (χ3n) is 4.10. The van der Waals surface area contributed by atoms with Gasteiger partial charge in [0.1, 0.15) is 0 Å². The lowest BCUT2D eigenvalue weighted by Gasteiger charge is -2.26. The third kappa shape index (κ3) is 3.07. The zero-order chi connectivity index (χ0) is 14.8. The maximum absolute atomic E-state index is 12.9. The van der Waals surface area contributed by atoms with Gasteiger partial charge in [-0.2, -0.15) is 0 Å². The summed E-state index contributed by atoms with van der Waals surface area (Å²) in [4.78, 5) is 18.9. The van der Waals surface area contributed by atoms with Crippen LogP contribution < -0.4 is 5.73 Å². The molecule has 0 saturated carbocycles. The summed E-state index contributed by atoms with van der Waals surface area (Å²) < 4.78 is 0. The van der Waals surface area contributed by atoms with Crippen molar-refractivity contribution in [1.82, 2.24) is 9.88 Å². The normalized spacial score (nSPS) is 17.1. The number of anilines is 1. The number of likely N-dealkylation sites (tertiary alicyclic amines) is 1. The van der Waals surface area contributed by atoms with Gasteiger partial charge in [0.15, 0.2) is 0 Å². The Bertz CT molecular complexity index is 660. The monoisotopic (exact) mass is 317 g/mol. The molecule has 1 aromatic carbocycles. The molecule has 2 heterocycles. The number of carbonyl (C=O) groups is 1. The second-order valence-corrected chi connectivity index (χ2v) is 5.51. The quantitative estimate of drug-likeness (QED) is 0.864. The van der Waals surface area contributed by atoms with Crippen molar-refractivity contribution in [2.45, 2.75) is 25.8 Å². The van der Waals surface area contributed by atoms with Crippen molar-refractivity contribution in [2.75, 3.05) is 12.3 Å². The van der Waals surface area contributed by atoms with Crippen LogP contribution in [0.1, 0.15) is 40.4 Å². The first kappa shape index (κ1) is 16.3. The van der Waals surface area contributed by atoms with Crippen LogP contribution in [0.3, 0.4) is 0 Å². The minimum Gasteiger partial charge on any atom is -0.399 e. The number of nitrogen functional groups attached to an aromatic ring is 1. The zero-order valence-electron chi connectivity index (χ0n) is 12.5. The first-order valence-corrected chi connectivity index (χ1v) is 7.24. The van der Waals surface area contributed by atoms with E-state index in [1.807, 2.05) is 36.1 Å². The molecule has 1 saturated heterocycles. The van der Waals surface area contributed by atoms with Gasteiger partial charge in [-0.3, -0.25) is 9.78 Å². The highest BCUT2D eigenvalue weighted by molar-refractivity contribution is 5.97. The number of benzene rings is 1. The molecule has 0 spiro atoms. The largest absolute Gasteiger partial charge is 0.399 e. The van der Waals surface area contributed by atoms with Gasteiger partial charge in [-0.15, -0.1) is 12.4 Å². The van der Waals surface area contributed by atoms with Crippen LogP contribution in [-0.2, 0) is 0 Å². The molecule has 116 valence electrons. The Hall–Kier alpha value is -2.07. The summed E-state index contributed by atoms with van der Waals surface area (Å²) in [6, 6.07) is 9.63. The van der Waals surface area contributed by atoms with Crippen molar-refractivity contribution in [1.29, 1.82) is 0 Å². The number of aromatic nitrogens is 1. The van der Waals surface area contributed by atoms with E-state index in [4.69, 9.17) is 5.73 Å². The number of halogens is 1. The molecule has 1 fully saturated rings. The number of aryl methyl sites for hydroxylation is 1. The van der Waals surface area contributed by atoms with Crippen LogP contribution in [0, 0.1) is 6.92 Å². The topological polar surface area (TPSA) is 59.2 Å². The Balaban J connectivity index is 0.00000176. The smallest absolute Gasteiger partial charge is 0.254 e. The molecule has 2 N–H and O–H groups in total. The Kier molecular flexibility index (Phi) is 5.03. The Morgan fingerprint density at radius 1 is 1.27 bits per heavy atom. The van der Waals surface area contributed by atoms with Crippen LogP contribution in [0.4, 0.5) is 5.69 Å². The number of nitrogens with zero attached hydrogens (tertiary/aromatic N) is 2. The fourth-order valence-corrected chi connectivity index (χ4v) is 2.97. The van der Waals surface area contributed by atoms with Gasteiger partial charge in [-0.1, -0.05) is 6.07 Å². The molecule has 1 amide bonds. The molecule has 3 rings (SSSR count). The maximum atomic E-state index is 12.9. The first-order chi connectivity index (χ1) is 10.2. The third-order valence-corrected chi connectivity index (χ3v) is 4.10. The van der Waals surface area contributed by atoms with E-state index >= 15 is 0 Å². The van der Waals surface area contributed by atoms with Crippen LogP contribution >= 0.6 is 12.4 Å². The summed E-state index contributed by atoms with van der Waals surface area (Å²) in [5, 5.41) is 0. The standard InChI is InChI=1S/C17H19N3O.ClH/c1-12-4-5-14(18)11-15(12)17(21)20-10-2-3-16(20)13-6-8-19-9-7-13;/h4-9,11,16H,2-3,10,18H2,1H3;1H. The average molecular weight is 318 g/mol. The molecule has 0 aliphatic carbocycles. The molecule has 1 aliphatic rings. The lowest BCUT2D eigenvalue weighted by atomic mass is 10.0. The molecule has 1 aromatic heterocycles. The van der Waals surface area contributed by atoms with E-state index < -0.39 is 0 Å². The minimum atomic E-state index is 0. The SMILES string of the molecule is Cc1ccc(N)cc1C(=O)N1CCCC1c1ccncc1.Cl. The molecule has 1 atom stereocenters. The number of rotatable bonds is 2. The van der Waals surface area contributed by atoms with E-state index in [1.54, 1.807) is 18.5 Å². The Morgan fingerprint density at radius 2 is 2.00 bits per heavy atom. The summed E-state index contributed by atoms with van der Waals surface area (Å²) in [7, 11) is 0. The van der Waals surface area contributed by atoms with Crippen molar-refractivity contribution < 1.29 is 4.79 Å². The highest BCUT2D eigenvalue weighted by atomic mass is 35.5. The van der Waals surface area contributed by atoms with Crippen molar-refractivity contribution in [3.63, 3.8) is 0 Å². The number of hydrogen-bond donors (Lipinski definition) is 1. The number of hydrogen-bond acceptors (Lipinski definition) is 3. The summed E-state index contributed by atoms with van der Waals surface area (Å²) in [6.07, 6.45) is 5.58. The van der Waals surface area contributed by atoms with Crippen LogP contribution in [0.2, 0.25) is 0 Å². The predicted octanol–water partition coefficient (Wildman–Crippen LogP) is 3.37. The number of pyridine rings is 1. The second-order valence-electron chi connectivity index (χ2n) is 5.51. The lowest BCUT2D eigenvalue weighted by Crippen LogP contribution is -2.31.